The van der Waals surface area contributed by atoms with E-state index >= 15 is 0 Å². The molecule has 2 rings (SSSR count). The van der Waals surface area contributed by atoms with Crippen LogP contribution in [-0.4, -0.2) is 58.0 Å². The van der Waals surface area contributed by atoms with Crippen LogP contribution in [0.25, 0.3) is 0 Å². The Morgan fingerprint density at radius 3 is 2.76 bits per heavy atom. The summed E-state index contributed by atoms with van der Waals surface area (Å²) in [5.74, 6) is 0.610. The van der Waals surface area contributed by atoms with Gasteiger partial charge in [0.25, 0.3) is 5.91 Å². The largest absolute Gasteiger partial charge is 0.390 e. The molecule has 118 valence electrons. The minimum Gasteiger partial charge on any atom is -0.390 e. The molecule has 1 fully saturated rings. The van der Waals surface area contributed by atoms with E-state index in [-0.39, 0.29) is 12.5 Å². The van der Waals surface area contributed by atoms with Crippen molar-refractivity contribution in [2.24, 2.45) is 13.0 Å². The Morgan fingerprint density at radius 2 is 2.19 bits per heavy atom. The number of β-amino-alcohol motifs (C(OH)–C–C–N with tert-alkyl or cyclic N) is 1. The molecule has 1 aromatic heterocycles. The number of nitrogens with zero attached hydrogens (tertiary/aromatic N) is 3. The van der Waals surface area contributed by atoms with Crippen molar-refractivity contribution in [3.8, 4) is 0 Å². The number of aliphatic hydroxyl groups is 1. The van der Waals surface area contributed by atoms with Gasteiger partial charge in [-0.2, -0.15) is 5.10 Å². The highest BCUT2D eigenvalue weighted by molar-refractivity contribution is 5.95. The van der Waals surface area contributed by atoms with Crippen LogP contribution in [0.3, 0.4) is 0 Å². The van der Waals surface area contributed by atoms with Gasteiger partial charge in [-0.15, -0.1) is 0 Å². The minimum atomic E-state index is -0.528. The van der Waals surface area contributed by atoms with E-state index in [1.54, 1.807) is 17.9 Å². The number of rotatable bonds is 5. The fourth-order valence-corrected chi connectivity index (χ4v) is 2.63. The number of aromatic nitrogens is 2. The third-order valence-electron chi connectivity index (χ3n) is 4.32. The highest BCUT2D eigenvalue weighted by atomic mass is 16.3. The average Bonchev–Trinajstić information content (AvgIpc) is 2.79. The third kappa shape index (κ3) is 4.28. The van der Waals surface area contributed by atoms with Crippen LogP contribution < -0.4 is 5.32 Å². The van der Waals surface area contributed by atoms with E-state index in [2.05, 4.69) is 22.2 Å². The van der Waals surface area contributed by atoms with Crippen molar-refractivity contribution in [1.82, 2.24) is 20.0 Å². The SMILES string of the molecule is Cc1c(C(=O)NCC(O)CN2CCC(C)CC2)cnn1C. The molecule has 0 saturated carbocycles. The lowest BCUT2D eigenvalue weighted by atomic mass is 9.99. The van der Waals surface area contributed by atoms with Crippen molar-refractivity contribution >= 4 is 5.91 Å². The van der Waals surface area contributed by atoms with Crippen LogP contribution >= 0.6 is 0 Å². The smallest absolute Gasteiger partial charge is 0.254 e. The number of carbonyl (C=O) groups is 1. The number of hydrogen-bond donors (Lipinski definition) is 2. The Labute approximate surface area is 126 Å². The fraction of sp³-hybridized carbons (Fsp3) is 0.733. The normalized spacial score (nSPS) is 18.7. The van der Waals surface area contributed by atoms with Gasteiger partial charge in [0.05, 0.1) is 17.9 Å². The number of aliphatic hydroxyl groups excluding tert-OH is 1. The highest BCUT2D eigenvalue weighted by Crippen LogP contribution is 2.15. The molecule has 0 aromatic carbocycles. The lowest BCUT2D eigenvalue weighted by Crippen LogP contribution is -2.43. The molecule has 1 saturated heterocycles. The summed E-state index contributed by atoms with van der Waals surface area (Å²) in [5, 5.41) is 16.9. The van der Waals surface area contributed by atoms with E-state index in [9.17, 15) is 9.90 Å². The number of hydrogen-bond acceptors (Lipinski definition) is 4. The molecule has 21 heavy (non-hydrogen) atoms. The number of amides is 1. The van der Waals surface area contributed by atoms with E-state index in [1.807, 2.05) is 6.92 Å². The molecule has 2 N–H and O–H groups in total. The van der Waals surface area contributed by atoms with E-state index in [0.29, 0.717) is 12.1 Å². The number of piperidine rings is 1. The summed E-state index contributed by atoms with van der Waals surface area (Å²) in [6.07, 6.45) is 3.41. The second-order valence-corrected chi connectivity index (χ2v) is 6.11. The van der Waals surface area contributed by atoms with Gasteiger partial charge in [-0.3, -0.25) is 9.48 Å². The first-order chi connectivity index (χ1) is 9.97. The zero-order chi connectivity index (χ0) is 15.4. The van der Waals surface area contributed by atoms with Crippen molar-refractivity contribution in [3.05, 3.63) is 17.5 Å². The third-order valence-corrected chi connectivity index (χ3v) is 4.32. The maximum absolute atomic E-state index is 12.0. The van der Waals surface area contributed by atoms with Crippen LogP contribution in [0.4, 0.5) is 0 Å². The van der Waals surface area contributed by atoms with Gasteiger partial charge in [0, 0.05) is 25.8 Å². The Hall–Kier alpha value is -1.40. The lowest BCUT2D eigenvalue weighted by Gasteiger charge is -2.31. The second kappa shape index (κ2) is 7.04. The summed E-state index contributed by atoms with van der Waals surface area (Å²) < 4.78 is 1.67. The molecule has 0 aliphatic carbocycles. The minimum absolute atomic E-state index is 0.174. The molecule has 1 unspecified atom stereocenters. The predicted molar refractivity (Wildman–Crippen MR) is 81.1 cm³/mol. The zero-order valence-electron chi connectivity index (χ0n) is 13.2. The molecule has 6 heteroatoms. The van der Waals surface area contributed by atoms with Crippen LogP contribution in [0.5, 0.6) is 0 Å². The zero-order valence-corrected chi connectivity index (χ0v) is 13.2. The molecule has 1 amide bonds. The van der Waals surface area contributed by atoms with E-state index in [1.165, 1.54) is 12.8 Å². The van der Waals surface area contributed by atoms with Crippen LogP contribution in [-0.2, 0) is 7.05 Å². The summed E-state index contributed by atoms with van der Waals surface area (Å²) in [4.78, 5) is 14.3. The Balaban J connectivity index is 1.75. The predicted octanol–water partition coefficient (Wildman–Crippen LogP) is 0.551. The lowest BCUT2D eigenvalue weighted by molar-refractivity contribution is 0.0795. The monoisotopic (exact) mass is 294 g/mol. The molecular formula is C15H26N4O2. The van der Waals surface area contributed by atoms with E-state index in [4.69, 9.17) is 0 Å². The molecule has 1 aliphatic rings. The van der Waals surface area contributed by atoms with E-state index < -0.39 is 6.10 Å². The molecule has 1 aromatic rings. The number of carbonyl (C=O) groups excluding carboxylic acids is 1. The maximum Gasteiger partial charge on any atom is 0.254 e. The number of likely N-dealkylation sites (tertiary alicyclic amines) is 1. The van der Waals surface area contributed by atoms with E-state index in [0.717, 1.165) is 24.7 Å². The average molecular weight is 294 g/mol. The summed E-state index contributed by atoms with van der Waals surface area (Å²) >= 11 is 0. The van der Waals surface area contributed by atoms with Crippen molar-refractivity contribution in [3.63, 3.8) is 0 Å². The number of nitrogens with one attached hydrogen (secondary N) is 1. The van der Waals surface area contributed by atoms with Crippen molar-refractivity contribution in [1.29, 1.82) is 0 Å². The van der Waals surface area contributed by atoms with Crippen LogP contribution in [0.2, 0.25) is 0 Å². The Kier molecular flexibility index (Phi) is 5.36. The molecule has 0 spiro atoms. The second-order valence-electron chi connectivity index (χ2n) is 6.11. The first kappa shape index (κ1) is 16.0. The molecule has 0 bridgehead atoms. The van der Waals surface area contributed by atoms with Gasteiger partial charge >= 0.3 is 0 Å². The molecule has 6 nitrogen and oxygen atoms in total. The summed E-state index contributed by atoms with van der Waals surface area (Å²) in [6.45, 7) is 7.09. The standard InChI is InChI=1S/C15H26N4O2/c1-11-4-6-19(7-5-11)10-13(20)8-16-15(21)14-9-17-18(3)12(14)2/h9,11,13,20H,4-8,10H2,1-3H3,(H,16,21). The van der Waals surface area contributed by atoms with Gasteiger partial charge in [-0.1, -0.05) is 6.92 Å². The molecule has 2 heterocycles. The molecule has 1 atom stereocenters. The topological polar surface area (TPSA) is 70.4 Å². The van der Waals surface area contributed by atoms with Crippen LogP contribution in [0, 0.1) is 12.8 Å². The van der Waals surface area contributed by atoms with Crippen LogP contribution in [0.15, 0.2) is 6.20 Å². The maximum atomic E-state index is 12.0. The Bertz CT molecular complexity index is 478. The fourth-order valence-electron chi connectivity index (χ4n) is 2.63. The summed E-state index contributed by atoms with van der Waals surface area (Å²) in [6, 6.07) is 0. The van der Waals surface area contributed by atoms with Crippen LogP contribution in [0.1, 0.15) is 35.8 Å². The summed E-state index contributed by atoms with van der Waals surface area (Å²) in [5.41, 5.74) is 1.39. The molecule has 0 radical (unpaired) electrons. The van der Waals surface area contributed by atoms with Gasteiger partial charge in [0.1, 0.15) is 0 Å². The van der Waals surface area contributed by atoms with Crippen molar-refractivity contribution in [2.75, 3.05) is 26.2 Å². The first-order valence-corrected chi connectivity index (χ1v) is 7.64. The highest BCUT2D eigenvalue weighted by Gasteiger charge is 2.19. The molecule has 1 aliphatic heterocycles. The first-order valence-electron chi connectivity index (χ1n) is 7.64. The number of aryl methyl sites for hydroxylation is 1. The van der Waals surface area contributed by atoms with Gasteiger partial charge in [0.15, 0.2) is 0 Å². The Morgan fingerprint density at radius 1 is 1.52 bits per heavy atom. The summed E-state index contributed by atoms with van der Waals surface area (Å²) in [7, 11) is 1.80. The quantitative estimate of drug-likeness (QED) is 0.832. The van der Waals surface area contributed by atoms with Crippen molar-refractivity contribution in [2.45, 2.75) is 32.8 Å². The van der Waals surface area contributed by atoms with Gasteiger partial charge in [-0.25, -0.2) is 0 Å². The molecular weight excluding hydrogens is 268 g/mol. The van der Waals surface area contributed by atoms with Crippen molar-refractivity contribution < 1.29 is 9.90 Å². The van der Waals surface area contributed by atoms with Gasteiger partial charge in [0.2, 0.25) is 0 Å². The van der Waals surface area contributed by atoms with Gasteiger partial charge < -0.3 is 15.3 Å². The van der Waals surface area contributed by atoms with Gasteiger partial charge in [-0.05, 0) is 38.8 Å².